The highest BCUT2D eigenvalue weighted by molar-refractivity contribution is 6.31. The zero-order valence-corrected chi connectivity index (χ0v) is 22.0. The number of nitrogens with two attached hydrogens (primary N) is 1. The number of benzene rings is 2. The normalized spacial score (nSPS) is 10.8. The van der Waals surface area contributed by atoms with E-state index in [1.165, 1.54) is 6.33 Å². The largest absolute Gasteiger partial charge is 0.493 e. The number of ether oxygens (including phenoxy) is 3. The summed E-state index contributed by atoms with van der Waals surface area (Å²) in [4.78, 5) is 22.5. The van der Waals surface area contributed by atoms with Gasteiger partial charge < -0.3 is 30.6 Å². The molecule has 0 aliphatic carbocycles. The average Bonchev–Trinajstić information content (AvgIpc) is 2.89. The molecule has 198 valence electrons. The monoisotopic (exact) mass is 528 g/mol. The molecule has 10 nitrogen and oxygen atoms in total. The van der Waals surface area contributed by atoms with Crippen molar-refractivity contribution in [3.05, 3.63) is 59.4 Å². The summed E-state index contributed by atoms with van der Waals surface area (Å²) < 4.78 is 16.1. The third-order valence-corrected chi connectivity index (χ3v) is 5.66. The minimum absolute atomic E-state index is 0.198. The highest BCUT2D eigenvalue weighted by atomic mass is 35.5. The Labute approximate surface area is 222 Å². The maximum absolute atomic E-state index is 11.9. The van der Waals surface area contributed by atoms with Crippen LogP contribution in [0.15, 0.2) is 48.8 Å². The van der Waals surface area contributed by atoms with Crippen LogP contribution >= 0.6 is 11.6 Å². The van der Waals surface area contributed by atoms with Gasteiger partial charge in [0, 0.05) is 41.6 Å². The summed E-state index contributed by atoms with van der Waals surface area (Å²) >= 11 is 6.45. The maximum Gasteiger partial charge on any atom is 0.320 e. The highest BCUT2D eigenvalue weighted by Crippen LogP contribution is 2.31. The van der Waals surface area contributed by atoms with E-state index in [0.717, 1.165) is 16.9 Å². The van der Waals surface area contributed by atoms with E-state index in [4.69, 9.17) is 31.5 Å². The van der Waals surface area contributed by atoms with Crippen LogP contribution in [-0.2, 0) is 16.1 Å². The van der Waals surface area contributed by atoms with Crippen LogP contribution in [0.1, 0.15) is 19.4 Å². The van der Waals surface area contributed by atoms with Crippen molar-refractivity contribution in [1.82, 2.24) is 14.9 Å². The second-order valence-corrected chi connectivity index (χ2v) is 8.36. The third kappa shape index (κ3) is 8.49. The molecule has 2 aromatic carbocycles. The van der Waals surface area contributed by atoms with Crippen molar-refractivity contribution in [2.24, 2.45) is 5.73 Å². The second kappa shape index (κ2) is 14.2. The first kappa shape index (κ1) is 28.0. The summed E-state index contributed by atoms with van der Waals surface area (Å²) in [6, 6.07) is 12.9. The fourth-order valence-corrected chi connectivity index (χ4v) is 3.69. The molecular weight excluding hydrogens is 496 g/mol. The minimum atomic E-state index is -0.259. The van der Waals surface area contributed by atoms with E-state index >= 15 is 0 Å². The number of hydrogen-bond donors (Lipinski definition) is 3. The van der Waals surface area contributed by atoms with Crippen molar-refractivity contribution in [3.8, 4) is 11.5 Å². The molecule has 11 heteroatoms. The first-order valence-corrected chi connectivity index (χ1v) is 12.4. The molecule has 0 fully saturated rings. The standard InChI is InChI=1S/C26H33ClN6O4/c1-4-33(16-26(34)36-5-2)15-18-12-19(6-8-21(18)27)31-24-14-25(30-17-29-24)32-20-7-9-22(35-3)23(13-20)37-11-10-28/h6-9,12-14,17H,4-5,10-11,15-16,28H2,1-3H3,(H2,29,30,31,32). The number of likely N-dealkylation sites (N-methyl/N-ethyl adjacent to an activating group) is 1. The van der Waals surface area contributed by atoms with Gasteiger partial charge in [-0.25, -0.2) is 9.97 Å². The van der Waals surface area contributed by atoms with E-state index in [2.05, 4.69) is 20.6 Å². The predicted molar refractivity (Wildman–Crippen MR) is 145 cm³/mol. The molecule has 3 aromatic rings. The summed E-state index contributed by atoms with van der Waals surface area (Å²) in [5.41, 5.74) is 8.01. The number of rotatable bonds is 14. The molecule has 0 saturated heterocycles. The van der Waals surface area contributed by atoms with Gasteiger partial charge in [-0.15, -0.1) is 0 Å². The Hall–Kier alpha value is -3.60. The van der Waals surface area contributed by atoms with Crippen molar-refractivity contribution in [2.75, 3.05) is 50.6 Å². The van der Waals surface area contributed by atoms with Crippen LogP contribution in [0.4, 0.5) is 23.0 Å². The van der Waals surface area contributed by atoms with Crippen LogP contribution in [-0.4, -0.2) is 60.8 Å². The number of methoxy groups -OCH3 is 1. The molecule has 0 amide bonds. The topological polar surface area (TPSA) is 124 Å². The summed E-state index contributed by atoms with van der Waals surface area (Å²) in [6.45, 7) is 6.29. The van der Waals surface area contributed by atoms with Crippen molar-refractivity contribution in [2.45, 2.75) is 20.4 Å². The molecule has 3 rings (SSSR count). The van der Waals surface area contributed by atoms with Crippen LogP contribution in [0, 0.1) is 0 Å². The molecule has 0 saturated carbocycles. The molecule has 0 unspecified atom stereocenters. The Kier molecular flexibility index (Phi) is 10.8. The smallest absolute Gasteiger partial charge is 0.320 e. The van der Waals surface area contributed by atoms with Gasteiger partial charge in [-0.05, 0) is 49.4 Å². The van der Waals surface area contributed by atoms with Crippen LogP contribution in [0.2, 0.25) is 5.02 Å². The molecule has 0 aliphatic heterocycles. The van der Waals surface area contributed by atoms with Crippen LogP contribution in [0.5, 0.6) is 11.5 Å². The van der Waals surface area contributed by atoms with Crippen molar-refractivity contribution >= 4 is 40.6 Å². The molecule has 0 spiro atoms. The van der Waals surface area contributed by atoms with Crippen LogP contribution < -0.4 is 25.8 Å². The van der Waals surface area contributed by atoms with Gasteiger partial charge in [0.25, 0.3) is 0 Å². The van der Waals surface area contributed by atoms with E-state index in [1.807, 2.05) is 48.2 Å². The Balaban J connectivity index is 1.71. The molecule has 0 bridgehead atoms. The summed E-state index contributed by atoms with van der Waals surface area (Å²) in [7, 11) is 1.59. The third-order valence-electron chi connectivity index (χ3n) is 5.30. The van der Waals surface area contributed by atoms with E-state index in [9.17, 15) is 4.79 Å². The lowest BCUT2D eigenvalue weighted by molar-refractivity contribution is -0.144. The zero-order chi connectivity index (χ0) is 26.6. The van der Waals surface area contributed by atoms with E-state index in [-0.39, 0.29) is 12.5 Å². The number of carbonyl (C=O) groups excluding carboxylic acids is 1. The SMILES string of the molecule is CCOC(=O)CN(CC)Cc1cc(Nc2cc(Nc3ccc(OC)c(OCCN)c3)ncn2)ccc1Cl. The van der Waals surface area contributed by atoms with Gasteiger partial charge in [-0.2, -0.15) is 0 Å². The minimum Gasteiger partial charge on any atom is -0.493 e. The first-order valence-electron chi connectivity index (χ1n) is 12.0. The number of aromatic nitrogens is 2. The Morgan fingerprint density at radius 2 is 1.73 bits per heavy atom. The number of carbonyl (C=O) groups is 1. The number of hydrogen-bond acceptors (Lipinski definition) is 10. The summed E-state index contributed by atoms with van der Waals surface area (Å²) in [6.07, 6.45) is 1.47. The van der Waals surface area contributed by atoms with Crippen LogP contribution in [0.25, 0.3) is 0 Å². The quantitative estimate of drug-likeness (QED) is 0.260. The molecule has 1 heterocycles. The Morgan fingerprint density at radius 3 is 2.38 bits per heavy atom. The lowest BCUT2D eigenvalue weighted by Crippen LogP contribution is -2.30. The second-order valence-electron chi connectivity index (χ2n) is 7.96. The highest BCUT2D eigenvalue weighted by Gasteiger charge is 2.13. The first-order chi connectivity index (χ1) is 17.9. The van der Waals surface area contributed by atoms with Crippen LogP contribution in [0.3, 0.4) is 0 Å². The lowest BCUT2D eigenvalue weighted by atomic mass is 10.1. The Bertz CT molecular complexity index is 1180. The van der Waals surface area contributed by atoms with E-state index in [1.54, 1.807) is 20.1 Å². The predicted octanol–water partition coefficient (Wildman–Crippen LogP) is 4.35. The molecule has 0 aliphatic rings. The van der Waals surface area contributed by atoms with Crippen molar-refractivity contribution in [1.29, 1.82) is 0 Å². The van der Waals surface area contributed by atoms with Gasteiger partial charge in [0.2, 0.25) is 0 Å². The zero-order valence-electron chi connectivity index (χ0n) is 21.3. The molecule has 0 radical (unpaired) electrons. The van der Waals surface area contributed by atoms with Gasteiger partial charge >= 0.3 is 5.97 Å². The fraction of sp³-hybridized carbons (Fsp3) is 0.346. The van der Waals surface area contributed by atoms with E-state index < -0.39 is 0 Å². The average molecular weight is 529 g/mol. The molecule has 0 atom stereocenters. The van der Waals surface area contributed by atoms with Crippen molar-refractivity contribution in [3.63, 3.8) is 0 Å². The van der Waals surface area contributed by atoms with Gasteiger partial charge in [-0.1, -0.05) is 18.5 Å². The number of nitrogens with zero attached hydrogens (tertiary/aromatic N) is 3. The van der Waals surface area contributed by atoms with Gasteiger partial charge in [0.05, 0.1) is 20.3 Å². The fourth-order valence-electron chi connectivity index (χ4n) is 3.51. The summed E-state index contributed by atoms with van der Waals surface area (Å²) in [5.74, 6) is 2.13. The van der Waals surface area contributed by atoms with Crippen molar-refractivity contribution < 1.29 is 19.0 Å². The molecule has 1 aromatic heterocycles. The maximum atomic E-state index is 11.9. The van der Waals surface area contributed by atoms with E-state index in [0.29, 0.717) is 61.0 Å². The summed E-state index contributed by atoms with van der Waals surface area (Å²) in [5, 5.41) is 7.16. The lowest BCUT2D eigenvalue weighted by Gasteiger charge is -2.20. The number of anilines is 4. The number of esters is 1. The van der Waals surface area contributed by atoms with Gasteiger partial charge in [0.15, 0.2) is 11.5 Å². The van der Waals surface area contributed by atoms with Gasteiger partial charge in [-0.3, -0.25) is 9.69 Å². The molecule has 4 N–H and O–H groups in total. The number of nitrogens with one attached hydrogen (secondary N) is 2. The molecule has 37 heavy (non-hydrogen) atoms. The molecular formula is C26H33ClN6O4. The number of halogens is 1. The Morgan fingerprint density at radius 1 is 1.03 bits per heavy atom. The van der Waals surface area contributed by atoms with Gasteiger partial charge in [0.1, 0.15) is 24.6 Å².